The Bertz CT molecular complexity index is 744. The molecule has 90 valence electrons. The van der Waals surface area contributed by atoms with Crippen LogP contribution in [0, 0.1) is 5.82 Å². The van der Waals surface area contributed by atoms with E-state index in [9.17, 15) is 4.39 Å². The summed E-state index contributed by atoms with van der Waals surface area (Å²) in [5.41, 5.74) is 1.56. The third-order valence-corrected chi connectivity index (χ3v) is 4.72. The summed E-state index contributed by atoms with van der Waals surface area (Å²) < 4.78 is 14.9. The maximum absolute atomic E-state index is 13.3. The first-order valence-corrected chi connectivity index (χ1v) is 6.99. The van der Waals surface area contributed by atoms with Gasteiger partial charge in [0, 0.05) is 14.9 Å². The molecule has 0 atom stereocenters. The summed E-state index contributed by atoms with van der Waals surface area (Å²) in [6.07, 6.45) is 1.42. The first-order valence-electron chi connectivity index (χ1n) is 5.00. The molecule has 2 heterocycles. The number of nitrogens with zero attached hydrogens (tertiary/aromatic N) is 2. The number of benzene rings is 1. The van der Waals surface area contributed by atoms with Crippen molar-refractivity contribution in [2.45, 2.75) is 0 Å². The molecule has 0 aliphatic heterocycles. The van der Waals surface area contributed by atoms with Gasteiger partial charge in [-0.2, -0.15) is 0 Å². The SMILES string of the molecule is Fc1ccc(Br)c(-c2cc3ncnc(Cl)c3s2)c1. The van der Waals surface area contributed by atoms with Gasteiger partial charge in [-0.05, 0) is 24.3 Å². The molecule has 0 N–H and O–H groups in total. The van der Waals surface area contributed by atoms with E-state index in [2.05, 4.69) is 25.9 Å². The van der Waals surface area contributed by atoms with E-state index in [1.54, 1.807) is 6.07 Å². The summed E-state index contributed by atoms with van der Waals surface area (Å²) in [7, 11) is 0. The zero-order chi connectivity index (χ0) is 12.7. The highest BCUT2D eigenvalue weighted by molar-refractivity contribution is 9.10. The van der Waals surface area contributed by atoms with Crippen LogP contribution in [0.1, 0.15) is 0 Å². The second kappa shape index (κ2) is 4.57. The van der Waals surface area contributed by atoms with E-state index in [1.807, 2.05) is 6.07 Å². The van der Waals surface area contributed by atoms with Crippen molar-refractivity contribution in [1.82, 2.24) is 9.97 Å². The van der Waals surface area contributed by atoms with Crippen molar-refractivity contribution in [3.05, 3.63) is 46.0 Å². The van der Waals surface area contributed by atoms with Crippen molar-refractivity contribution in [1.29, 1.82) is 0 Å². The molecule has 2 nitrogen and oxygen atoms in total. The van der Waals surface area contributed by atoms with Gasteiger partial charge in [0.25, 0.3) is 0 Å². The van der Waals surface area contributed by atoms with E-state index in [0.717, 1.165) is 25.1 Å². The molecule has 0 unspecified atom stereocenters. The van der Waals surface area contributed by atoms with Gasteiger partial charge in [-0.1, -0.05) is 27.5 Å². The largest absolute Gasteiger partial charge is 0.235 e. The fraction of sp³-hybridized carbons (Fsp3) is 0. The average Bonchev–Trinajstić information content (AvgIpc) is 2.77. The number of hydrogen-bond donors (Lipinski definition) is 0. The molecule has 0 radical (unpaired) electrons. The lowest BCUT2D eigenvalue weighted by Gasteiger charge is -2.00. The van der Waals surface area contributed by atoms with E-state index < -0.39 is 0 Å². The smallest absolute Gasteiger partial charge is 0.150 e. The lowest BCUT2D eigenvalue weighted by Crippen LogP contribution is -1.78. The standard InChI is InChI=1S/C12H5BrClFN2S/c13-8-2-1-6(15)3-7(8)10-4-9-11(18-10)12(14)17-5-16-9/h1-5H. The predicted molar refractivity (Wildman–Crippen MR) is 75.5 cm³/mol. The molecule has 3 rings (SSSR count). The topological polar surface area (TPSA) is 25.8 Å². The third kappa shape index (κ3) is 2.02. The minimum absolute atomic E-state index is 0.275. The van der Waals surface area contributed by atoms with Gasteiger partial charge in [-0.15, -0.1) is 11.3 Å². The molecule has 6 heteroatoms. The van der Waals surface area contributed by atoms with Crippen LogP contribution in [0.2, 0.25) is 5.15 Å². The quantitative estimate of drug-likeness (QED) is 0.587. The zero-order valence-corrected chi connectivity index (χ0v) is 12.0. The highest BCUT2D eigenvalue weighted by atomic mass is 79.9. The lowest BCUT2D eigenvalue weighted by atomic mass is 10.2. The van der Waals surface area contributed by atoms with E-state index in [0.29, 0.717) is 5.15 Å². The van der Waals surface area contributed by atoms with Gasteiger partial charge in [0.05, 0.1) is 10.2 Å². The van der Waals surface area contributed by atoms with Crippen molar-refractivity contribution >= 4 is 49.1 Å². The minimum atomic E-state index is -0.275. The van der Waals surface area contributed by atoms with E-state index in [-0.39, 0.29) is 5.82 Å². The van der Waals surface area contributed by atoms with Crippen LogP contribution in [-0.2, 0) is 0 Å². The Morgan fingerprint density at radius 3 is 2.83 bits per heavy atom. The lowest BCUT2D eigenvalue weighted by molar-refractivity contribution is 0.628. The van der Waals surface area contributed by atoms with Crippen LogP contribution in [-0.4, -0.2) is 9.97 Å². The predicted octanol–water partition coefficient (Wildman–Crippen LogP) is 4.91. The Balaban J connectivity index is 2.26. The number of thiophene rings is 1. The normalized spacial score (nSPS) is 11.1. The van der Waals surface area contributed by atoms with Crippen molar-refractivity contribution in [3.8, 4) is 10.4 Å². The summed E-state index contributed by atoms with van der Waals surface area (Å²) in [4.78, 5) is 8.98. The summed E-state index contributed by atoms with van der Waals surface area (Å²) in [6.45, 7) is 0. The molecule has 0 aliphatic rings. The molecule has 0 saturated carbocycles. The molecular formula is C12H5BrClFN2S. The molecule has 0 amide bonds. The molecule has 0 saturated heterocycles. The van der Waals surface area contributed by atoms with Crippen LogP contribution in [0.3, 0.4) is 0 Å². The van der Waals surface area contributed by atoms with Crippen LogP contribution in [0.5, 0.6) is 0 Å². The number of hydrogen-bond acceptors (Lipinski definition) is 3. The zero-order valence-electron chi connectivity index (χ0n) is 8.82. The van der Waals surface area contributed by atoms with Crippen molar-refractivity contribution in [2.24, 2.45) is 0 Å². The van der Waals surface area contributed by atoms with E-state index in [1.165, 1.54) is 29.8 Å². The maximum atomic E-state index is 13.3. The van der Waals surface area contributed by atoms with Gasteiger partial charge >= 0.3 is 0 Å². The highest BCUT2D eigenvalue weighted by Crippen LogP contribution is 2.38. The molecule has 1 aromatic carbocycles. The van der Waals surface area contributed by atoms with Crippen molar-refractivity contribution in [3.63, 3.8) is 0 Å². The van der Waals surface area contributed by atoms with Gasteiger partial charge in [0.15, 0.2) is 0 Å². The number of rotatable bonds is 1. The van der Waals surface area contributed by atoms with Crippen molar-refractivity contribution < 1.29 is 4.39 Å². The Kier molecular flexibility index (Phi) is 3.05. The molecule has 0 spiro atoms. The first kappa shape index (κ1) is 12.0. The molecule has 2 aromatic heterocycles. The fourth-order valence-electron chi connectivity index (χ4n) is 1.64. The summed E-state index contributed by atoms with van der Waals surface area (Å²) >= 11 is 10.9. The maximum Gasteiger partial charge on any atom is 0.150 e. The van der Waals surface area contributed by atoms with E-state index in [4.69, 9.17) is 11.6 Å². The summed E-state index contributed by atoms with van der Waals surface area (Å²) in [5.74, 6) is -0.275. The van der Waals surface area contributed by atoms with Crippen LogP contribution in [0.25, 0.3) is 20.7 Å². The van der Waals surface area contributed by atoms with Gasteiger partial charge < -0.3 is 0 Å². The number of aromatic nitrogens is 2. The fourth-order valence-corrected chi connectivity index (χ4v) is 3.51. The van der Waals surface area contributed by atoms with E-state index >= 15 is 0 Å². The average molecular weight is 344 g/mol. The summed E-state index contributed by atoms with van der Waals surface area (Å²) in [6, 6.07) is 6.46. The first-order chi connectivity index (χ1) is 8.65. The van der Waals surface area contributed by atoms with Crippen LogP contribution in [0.15, 0.2) is 35.1 Å². The number of fused-ring (bicyclic) bond motifs is 1. The summed E-state index contributed by atoms with van der Waals surface area (Å²) in [5, 5.41) is 0.420. The minimum Gasteiger partial charge on any atom is -0.235 e. The van der Waals surface area contributed by atoms with Gasteiger partial charge in [0.1, 0.15) is 17.3 Å². The molecular weight excluding hydrogens is 339 g/mol. The highest BCUT2D eigenvalue weighted by Gasteiger charge is 2.11. The van der Waals surface area contributed by atoms with Gasteiger partial charge in [-0.3, -0.25) is 0 Å². The Labute approximate surface area is 120 Å². The molecule has 0 aliphatic carbocycles. The molecule has 18 heavy (non-hydrogen) atoms. The van der Waals surface area contributed by atoms with Crippen molar-refractivity contribution in [2.75, 3.05) is 0 Å². The molecule has 3 aromatic rings. The second-order valence-electron chi connectivity index (χ2n) is 3.61. The van der Waals surface area contributed by atoms with Crippen LogP contribution < -0.4 is 0 Å². The number of halogens is 3. The Morgan fingerprint density at radius 2 is 2.06 bits per heavy atom. The second-order valence-corrected chi connectivity index (χ2v) is 5.88. The molecule has 0 fully saturated rings. The van der Waals surface area contributed by atoms with Crippen LogP contribution >= 0.6 is 38.9 Å². The monoisotopic (exact) mass is 342 g/mol. The van der Waals surface area contributed by atoms with Gasteiger partial charge in [-0.25, -0.2) is 14.4 Å². The molecule has 0 bridgehead atoms. The Morgan fingerprint density at radius 1 is 1.22 bits per heavy atom. The van der Waals surface area contributed by atoms with Gasteiger partial charge in [0.2, 0.25) is 0 Å². The van der Waals surface area contributed by atoms with Crippen LogP contribution in [0.4, 0.5) is 4.39 Å². The Hall–Kier alpha value is -1.04. The third-order valence-electron chi connectivity index (χ3n) is 2.46.